The van der Waals surface area contributed by atoms with E-state index in [9.17, 15) is 0 Å². The van der Waals surface area contributed by atoms with E-state index < -0.39 is 0 Å². The Bertz CT molecular complexity index is 686. The fourth-order valence-electron chi connectivity index (χ4n) is 3.78. The maximum Gasteiger partial charge on any atom is 0.225 e. The molecule has 3 heterocycles. The van der Waals surface area contributed by atoms with Gasteiger partial charge in [-0.1, -0.05) is 30.3 Å². The van der Waals surface area contributed by atoms with Crippen molar-refractivity contribution in [1.29, 1.82) is 0 Å². The Kier molecular flexibility index (Phi) is 4.21. The highest BCUT2D eigenvalue weighted by molar-refractivity contribution is 5.35. The first-order valence-corrected chi connectivity index (χ1v) is 8.66. The number of nitrogens with zero attached hydrogens (tertiary/aromatic N) is 4. The van der Waals surface area contributed by atoms with Crippen LogP contribution in [0.15, 0.2) is 36.4 Å². The van der Waals surface area contributed by atoms with Crippen LogP contribution in [0.3, 0.4) is 0 Å². The number of aromatic nitrogens is 2. The van der Waals surface area contributed by atoms with E-state index in [0.717, 1.165) is 50.1 Å². The zero-order valence-electron chi connectivity index (χ0n) is 14.4. The molecule has 5 nitrogen and oxygen atoms in total. The van der Waals surface area contributed by atoms with Crippen molar-refractivity contribution in [3.8, 4) is 0 Å². The number of hydrogen-bond acceptors (Lipinski definition) is 5. The van der Waals surface area contributed by atoms with Crippen LogP contribution in [-0.4, -0.2) is 53.3 Å². The molecule has 2 aliphatic rings. The summed E-state index contributed by atoms with van der Waals surface area (Å²) in [7, 11) is 0. The van der Waals surface area contributed by atoms with Gasteiger partial charge in [-0.3, -0.25) is 4.90 Å². The molecule has 0 aliphatic carbocycles. The standard InChI is InChI=1S/C19H24N4O/c1-14-10-15(2)21-19(20-14)23-12-17-18(13-23)24-9-8-22(17)11-16-6-4-3-5-7-16/h3-7,10,17-18H,8-9,11-13H2,1-2H3. The van der Waals surface area contributed by atoms with Crippen LogP contribution in [0.4, 0.5) is 5.95 Å². The summed E-state index contributed by atoms with van der Waals surface area (Å²) in [6, 6.07) is 13.1. The Morgan fingerprint density at radius 3 is 2.58 bits per heavy atom. The molecule has 0 radical (unpaired) electrons. The summed E-state index contributed by atoms with van der Waals surface area (Å²) < 4.78 is 6.04. The quantitative estimate of drug-likeness (QED) is 0.866. The van der Waals surface area contributed by atoms with Gasteiger partial charge in [-0.25, -0.2) is 9.97 Å². The van der Waals surface area contributed by atoms with Crippen molar-refractivity contribution in [2.24, 2.45) is 0 Å². The molecule has 24 heavy (non-hydrogen) atoms. The lowest BCUT2D eigenvalue weighted by Gasteiger charge is -2.36. The molecule has 4 rings (SSSR count). The van der Waals surface area contributed by atoms with E-state index in [2.05, 4.69) is 50.1 Å². The minimum atomic E-state index is 0.242. The summed E-state index contributed by atoms with van der Waals surface area (Å²) in [6.45, 7) is 8.62. The van der Waals surface area contributed by atoms with Crippen LogP contribution >= 0.6 is 0 Å². The molecule has 0 amide bonds. The Morgan fingerprint density at radius 1 is 1.08 bits per heavy atom. The van der Waals surface area contributed by atoms with Gasteiger partial charge in [0.05, 0.1) is 18.8 Å². The van der Waals surface area contributed by atoms with Gasteiger partial charge in [0.15, 0.2) is 0 Å². The van der Waals surface area contributed by atoms with Gasteiger partial charge in [0.1, 0.15) is 0 Å². The van der Waals surface area contributed by atoms with Gasteiger partial charge < -0.3 is 9.64 Å². The molecule has 0 saturated carbocycles. The van der Waals surface area contributed by atoms with Crippen LogP contribution in [0.25, 0.3) is 0 Å². The molecule has 2 atom stereocenters. The molecule has 0 bridgehead atoms. The molecular formula is C19H24N4O. The minimum absolute atomic E-state index is 0.242. The lowest BCUT2D eigenvalue weighted by atomic mass is 10.1. The van der Waals surface area contributed by atoms with E-state index in [4.69, 9.17) is 4.74 Å². The van der Waals surface area contributed by atoms with E-state index >= 15 is 0 Å². The number of morpholine rings is 1. The SMILES string of the molecule is Cc1cc(C)nc(N2CC3OCCN(Cc4ccccc4)C3C2)n1. The number of fused-ring (bicyclic) bond motifs is 1. The first kappa shape index (κ1) is 15.5. The summed E-state index contributed by atoms with van der Waals surface area (Å²) in [4.78, 5) is 14.1. The van der Waals surface area contributed by atoms with Crippen LogP contribution in [0.1, 0.15) is 17.0 Å². The van der Waals surface area contributed by atoms with Crippen molar-refractivity contribution < 1.29 is 4.74 Å². The lowest BCUT2D eigenvalue weighted by molar-refractivity contribution is -0.0499. The molecule has 1 aromatic carbocycles. The van der Waals surface area contributed by atoms with Crippen LogP contribution in [0.5, 0.6) is 0 Å². The summed E-state index contributed by atoms with van der Waals surface area (Å²) in [6.07, 6.45) is 0.242. The monoisotopic (exact) mass is 324 g/mol. The highest BCUT2D eigenvalue weighted by Gasteiger charge is 2.40. The van der Waals surface area contributed by atoms with E-state index in [1.54, 1.807) is 0 Å². The van der Waals surface area contributed by atoms with Crippen molar-refractivity contribution in [2.75, 3.05) is 31.1 Å². The number of benzene rings is 1. The first-order valence-electron chi connectivity index (χ1n) is 8.66. The fourth-order valence-corrected chi connectivity index (χ4v) is 3.78. The summed E-state index contributed by atoms with van der Waals surface area (Å²) in [5, 5.41) is 0. The van der Waals surface area contributed by atoms with Gasteiger partial charge in [-0.15, -0.1) is 0 Å². The molecule has 2 saturated heterocycles. The summed E-state index contributed by atoms with van der Waals surface area (Å²) in [5.74, 6) is 0.838. The number of anilines is 1. The molecule has 2 aromatic rings. The third-order valence-corrected chi connectivity index (χ3v) is 4.90. The normalized spacial score (nSPS) is 24.2. The second-order valence-electron chi connectivity index (χ2n) is 6.79. The van der Waals surface area contributed by atoms with E-state index in [1.807, 2.05) is 19.9 Å². The van der Waals surface area contributed by atoms with Crippen LogP contribution in [-0.2, 0) is 11.3 Å². The third kappa shape index (κ3) is 3.14. The van der Waals surface area contributed by atoms with Crippen molar-refractivity contribution in [1.82, 2.24) is 14.9 Å². The van der Waals surface area contributed by atoms with Crippen molar-refractivity contribution >= 4 is 5.95 Å². The zero-order chi connectivity index (χ0) is 16.5. The van der Waals surface area contributed by atoms with Crippen molar-refractivity contribution in [3.63, 3.8) is 0 Å². The van der Waals surface area contributed by atoms with E-state index in [1.165, 1.54) is 5.56 Å². The molecule has 0 spiro atoms. The average Bonchev–Trinajstić information content (AvgIpc) is 3.00. The zero-order valence-corrected chi connectivity index (χ0v) is 14.4. The van der Waals surface area contributed by atoms with Gasteiger partial charge in [-0.2, -0.15) is 0 Å². The van der Waals surface area contributed by atoms with Crippen LogP contribution < -0.4 is 4.90 Å². The largest absolute Gasteiger partial charge is 0.373 e. The van der Waals surface area contributed by atoms with E-state index in [0.29, 0.717) is 6.04 Å². The Balaban J connectivity index is 1.51. The van der Waals surface area contributed by atoms with Gasteiger partial charge in [-0.05, 0) is 25.5 Å². The molecular weight excluding hydrogens is 300 g/mol. The Labute approximate surface area is 143 Å². The second-order valence-corrected chi connectivity index (χ2v) is 6.79. The van der Waals surface area contributed by atoms with Gasteiger partial charge in [0.25, 0.3) is 0 Å². The Hall–Kier alpha value is -1.98. The molecule has 2 unspecified atom stereocenters. The average molecular weight is 324 g/mol. The molecule has 5 heteroatoms. The number of aryl methyl sites for hydroxylation is 2. The highest BCUT2D eigenvalue weighted by atomic mass is 16.5. The smallest absolute Gasteiger partial charge is 0.225 e. The number of hydrogen-bond donors (Lipinski definition) is 0. The van der Waals surface area contributed by atoms with E-state index in [-0.39, 0.29) is 6.10 Å². The first-order chi connectivity index (χ1) is 11.7. The Morgan fingerprint density at radius 2 is 1.83 bits per heavy atom. The van der Waals surface area contributed by atoms with Gasteiger partial charge >= 0.3 is 0 Å². The van der Waals surface area contributed by atoms with Gasteiger partial charge in [0.2, 0.25) is 5.95 Å². The number of rotatable bonds is 3. The molecule has 1 aromatic heterocycles. The topological polar surface area (TPSA) is 41.5 Å². The number of ether oxygens (including phenoxy) is 1. The maximum atomic E-state index is 6.04. The van der Waals surface area contributed by atoms with Crippen molar-refractivity contribution in [3.05, 3.63) is 53.3 Å². The second kappa shape index (κ2) is 6.49. The van der Waals surface area contributed by atoms with Crippen LogP contribution in [0.2, 0.25) is 0 Å². The fraction of sp³-hybridized carbons (Fsp3) is 0.474. The molecule has 126 valence electrons. The highest BCUT2D eigenvalue weighted by Crippen LogP contribution is 2.27. The minimum Gasteiger partial charge on any atom is -0.373 e. The predicted octanol–water partition coefficient (Wildman–Crippen LogP) is 2.18. The third-order valence-electron chi connectivity index (χ3n) is 4.90. The molecule has 2 aliphatic heterocycles. The summed E-state index contributed by atoms with van der Waals surface area (Å²) in [5.41, 5.74) is 3.41. The molecule has 2 fully saturated rings. The van der Waals surface area contributed by atoms with Crippen molar-refractivity contribution in [2.45, 2.75) is 32.5 Å². The maximum absolute atomic E-state index is 6.04. The predicted molar refractivity (Wildman–Crippen MR) is 94.1 cm³/mol. The molecule has 0 N–H and O–H groups in total. The lowest BCUT2D eigenvalue weighted by Crippen LogP contribution is -2.50. The van der Waals surface area contributed by atoms with Crippen LogP contribution in [0, 0.1) is 13.8 Å². The van der Waals surface area contributed by atoms with Gasteiger partial charge in [0, 0.05) is 37.6 Å². The summed E-state index contributed by atoms with van der Waals surface area (Å²) >= 11 is 0.